The number of rotatable bonds is 4. The predicted molar refractivity (Wildman–Crippen MR) is 106 cm³/mol. The zero-order valence-electron chi connectivity index (χ0n) is 15.6. The number of benzene rings is 2. The van der Waals surface area contributed by atoms with Gasteiger partial charge in [-0.1, -0.05) is 30.3 Å². The van der Waals surface area contributed by atoms with Crippen LogP contribution in [0.2, 0.25) is 0 Å². The van der Waals surface area contributed by atoms with E-state index >= 15 is 0 Å². The lowest BCUT2D eigenvalue weighted by Gasteiger charge is -2.42. The van der Waals surface area contributed by atoms with Crippen LogP contribution < -0.4 is 4.90 Å². The van der Waals surface area contributed by atoms with Gasteiger partial charge in [0.15, 0.2) is 0 Å². The van der Waals surface area contributed by atoms with Crippen molar-refractivity contribution in [2.24, 2.45) is 0 Å². The highest BCUT2D eigenvalue weighted by Gasteiger charge is 2.37. The summed E-state index contributed by atoms with van der Waals surface area (Å²) >= 11 is 0. The number of nitrogens with zero attached hydrogens (tertiary/aromatic N) is 3. The van der Waals surface area contributed by atoms with Gasteiger partial charge in [-0.3, -0.25) is 9.69 Å². The van der Waals surface area contributed by atoms with Crippen LogP contribution in [0.5, 0.6) is 0 Å². The van der Waals surface area contributed by atoms with Gasteiger partial charge >= 0.3 is 0 Å². The van der Waals surface area contributed by atoms with Crippen LogP contribution in [0.1, 0.15) is 34.8 Å². The number of carbonyl (C=O) groups is 1. The molecule has 0 aromatic heterocycles. The largest absolute Gasteiger partial charge is 0.378 e. The van der Waals surface area contributed by atoms with Gasteiger partial charge in [0.2, 0.25) is 0 Å². The SMILES string of the molecule is CN(C)c1ccc(C(=O)N2CCN(C3CC3)CC2c2ccccc2)cc1. The lowest BCUT2D eigenvalue weighted by molar-refractivity contribution is 0.0433. The molecule has 2 aliphatic rings. The third kappa shape index (κ3) is 3.47. The molecule has 4 nitrogen and oxygen atoms in total. The number of piperazine rings is 1. The topological polar surface area (TPSA) is 26.8 Å². The summed E-state index contributed by atoms with van der Waals surface area (Å²) in [5.74, 6) is 0.139. The zero-order valence-corrected chi connectivity index (χ0v) is 15.6. The molecule has 1 saturated heterocycles. The molecule has 1 aliphatic heterocycles. The van der Waals surface area contributed by atoms with Crippen molar-refractivity contribution in [2.75, 3.05) is 38.6 Å². The summed E-state index contributed by atoms with van der Waals surface area (Å²) in [7, 11) is 4.03. The second-order valence-corrected chi connectivity index (χ2v) is 7.59. The molecule has 136 valence electrons. The van der Waals surface area contributed by atoms with Crippen LogP contribution in [0, 0.1) is 0 Å². The van der Waals surface area contributed by atoms with E-state index in [4.69, 9.17) is 0 Å². The Hall–Kier alpha value is -2.33. The number of hydrogen-bond donors (Lipinski definition) is 0. The van der Waals surface area contributed by atoms with Gasteiger partial charge in [0.1, 0.15) is 0 Å². The summed E-state index contributed by atoms with van der Waals surface area (Å²) in [6.45, 7) is 2.72. The number of anilines is 1. The third-order valence-corrected chi connectivity index (χ3v) is 5.55. The lowest BCUT2D eigenvalue weighted by Crippen LogP contribution is -2.51. The first-order valence-corrected chi connectivity index (χ1v) is 9.51. The highest BCUT2D eigenvalue weighted by molar-refractivity contribution is 5.95. The van der Waals surface area contributed by atoms with E-state index in [9.17, 15) is 4.79 Å². The van der Waals surface area contributed by atoms with Crippen molar-refractivity contribution < 1.29 is 4.79 Å². The van der Waals surface area contributed by atoms with Crippen LogP contribution in [0.3, 0.4) is 0 Å². The first-order chi connectivity index (χ1) is 12.6. The summed E-state index contributed by atoms with van der Waals surface area (Å²) in [6, 6.07) is 19.3. The van der Waals surface area contributed by atoms with E-state index in [1.807, 2.05) is 44.4 Å². The maximum Gasteiger partial charge on any atom is 0.254 e. The molecule has 1 atom stereocenters. The van der Waals surface area contributed by atoms with E-state index in [0.29, 0.717) is 0 Å². The summed E-state index contributed by atoms with van der Waals surface area (Å²) in [4.78, 5) is 19.9. The molecule has 26 heavy (non-hydrogen) atoms. The summed E-state index contributed by atoms with van der Waals surface area (Å²) in [5.41, 5.74) is 3.12. The van der Waals surface area contributed by atoms with Crippen molar-refractivity contribution in [2.45, 2.75) is 24.9 Å². The van der Waals surface area contributed by atoms with Crippen LogP contribution in [0.4, 0.5) is 5.69 Å². The Morgan fingerprint density at radius 1 is 0.962 bits per heavy atom. The van der Waals surface area contributed by atoms with Crippen LogP contribution in [-0.2, 0) is 0 Å². The van der Waals surface area contributed by atoms with Gasteiger partial charge < -0.3 is 9.80 Å². The molecule has 1 aliphatic carbocycles. The molecule has 1 unspecified atom stereocenters. The molecule has 0 bridgehead atoms. The van der Waals surface area contributed by atoms with E-state index < -0.39 is 0 Å². The summed E-state index contributed by atoms with van der Waals surface area (Å²) in [5, 5.41) is 0. The van der Waals surface area contributed by atoms with Gasteiger partial charge in [-0.2, -0.15) is 0 Å². The Morgan fingerprint density at radius 2 is 1.65 bits per heavy atom. The molecule has 0 radical (unpaired) electrons. The van der Waals surface area contributed by atoms with Gasteiger partial charge in [0.25, 0.3) is 5.91 Å². The maximum absolute atomic E-state index is 13.3. The first-order valence-electron chi connectivity index (χ1n) is 9.51. The van der Waals surface area contributed by atoms with Gasteiger partial charge in [-0.25, -0.2) is 0 Å². The fraction of sp³-hybridized carbons (Fsp3) is 0.409. The number of carbonyl (C=O) groups excluding carboxylic acids is 1. The van der Waals surface area contributed by atoms with Crippen molar-refractivity contribution in [1.82, 2.24) is 9.80 Å². The average Bonchev–Trinajstić information content (AvgIpc) is 3.53. The number of amides is 1. The monoisotopic (exact) mass is 349 g/mol. The maximum atomic E-state index is 13.3. The van der Waals surface area contributed by atoms with Crippen molar-refractivity contribution in [3.63, 3.8) is 0 Å². The van der Waals surface area contributed by atoms with E-state index in [1.54, 1.807) is 0 Å². The van der Waals surface area contributed by atoms with E-state index in [2.05, 4.69) is 39.0 Å². The zero-order chi connectivity index (χ0) is 18.1. The van der Waals surface area contributed by atoms with E-state index in [-0.39, 0.29) is 11.9 Å². The standard InChI is InChI=1S/C22H27N3O/c1-23(2)19-10-8-18(9-11-19)22(26)25-15-14-24(20-12-13-20)16-21(25)17-6-4-3-5-7-17/h3-11,20-21H,12-16H2,1-2H3. The smallest absolute Gasteiger partial charge is 0.254 e. The molecule has 1 heterocycles. The Bertz CT molecular complexity index is 753. The minimum atomic E-state index is 0.131. The Balaban J connectivity index is 1.58. The van der Waals surface area contributed by atoms with Crippen LogP contribution in [-0.4, -0.2) is 55.5 Å². The molecular formula is C22H27N3O. The summed E-state index contributed by atoms with van der Waals surface area (Å²) < 4.78 is 0. The predicted octanol–water partition coefficient (Wildman–Crippen LogP) is 3.41. The van der Waals surface area contributed by atoms with Gasteiger partial charge in [0.05, 0.1) is 6.04 Å². The molecule has 0 spiro atoms. The Kier molecular flexibility index (Phi) is 4.68. The minimum Gasteiger partial charge on any atom is -0.378 e. The molecule has 4 heteroatoms. The highest BCUT2D eigenvalue weighted by atomic mass is 16.2. The molecule has 2 fully saturated rings. The molecule has 2 aromatic rings. The van der Waals surface area contributed by atoms with Crippen molar-refractivity contribution >= 4 is 11.6 Å². The van der Waals surface area contributed by atoms with Gasteiger partial charge in [-0.05, 0) is 42.7 Å². The second kappa shape index (κ2) is 7.12. The normalized spacial score (nSPS) is 20.8. The highest BCUT2D eigenvalue weighted by Crippen LogP contribution is 2.34. The average molecular weight is 349 g/mol. The summed E-state index contributed by atoms with van der Waals surface area (Å²) in [6.07, 6.45) is 2.61. The quantitative estimate of drug-likeness (QED) is 0.846. The van der Waals surface area contributed by atoms with Crippen LogP contribution in [0.25, 0.3) is 0 Å². The van der Waals surface area contributed by atoms with E-state index in [0.717, 1.165) is 36.9 Å². The molecule has 0 N–H and O–H groups in total. The van der Waals surface area contributed by atoms with Crippen molar-refractivity contribution in [3.8, 4) is 0 Å². The first kappa shape index (κ1) is 17.1. The van der Waals surface area contributed by atoms with Gasteiger partial charge in [-0.15, -0.1) is 0 Å². The Labute approximate surface area is 156 Å². The molecule has 1 saturated carbocycles. The number of hydrogen-bond acceptors (Lipinski definition) is 3. The molecule has 4 rings (SSSR count). The van der Waals surface area contributed by atoms with Gasteiger partial charge in [0, 0.05) is 51.0 Å². The van der Waals surface area contributed by atoms with Crippen LogP contribution in [0.15, 0.2) is 54.6 Å². The Morgan fingerprint density at radius 3 is 2.27 bits per heavy atom. The third-order valence-electron chi connectivity index (χ3n) is 5.55. The molecule has 2 aromatic carbocycles. The van der Waals surface area contributed by atoms with Crippen LogP contribution >= 0.6 is 0 Å². The minimum absolute atomic E-state index is 0.131. The molecule has 1 amide bonds. The molecular weight excluding hydrogens is 322 g/mol. The van der Waals surface area contributed by atoms with Crippen molar-refractivity contribution in [3.05, 3.63) is 65.7 Å². The second-order valence-electron chi connectivity index (χ2n) is 7.59. The van der Waals surface area contributed by atoms with Crippen molar-refractivity contribution in [1.29, 1.82) is 0 Å². The fourth-order valence-corrected chi connectivity index (χ4v) is 3.85. The fourth-order valence-electron chi connectivity index (χ4n) is 3.85. The van der Waals surface area contributed by atoms with E-state index in [1.165, 1.54) is 18.4 Å². The lowest BCUT2D eigenvalue weighted by atomic mass is 10.0.